The van der Waals surface area contributed by atoms with Gasteiger partial charge in [0.05, 0.1) is 5.69 Å². The number of para-hydroxylation sites is 1. The van der Waals surface area contributed by atoms with E-state index in [1.165, 1.54) is 16.8 Å². The average molecular weight is 215 g/mol. The molecule has 1 amide bonds. The molecule has 0 saturated carbocycles. The molecule has 2 atom stereocenters. The molecule has 1 aromatic carbocycles. The minimum atomic E-state index is 0.148. The van der Waals surface area contributed by atoms with Crippen molar-refractivity contribution in [1.29, 1.82) is 0 Å². The highest BCUT2D eigenvalue weighted by atomic mass is 16.2. The van der Waals surface area contributed by atoms with Crippen LogP contribution in [0.5, 0.6) is 0 Å². The molecule has 0 saturated heterocycles. The van der Waals surface area contributed by atoms with Crippen LogP contribution in [0.2, 0.25) is 0 Å². The smallest absolute Gasteiger partial charge is 0.230 e. The van der Waals surface area contributed by atoms with E-state index >= 15 is 0 Å². The average Bonchev–Trinajstić information content (AvgIpc) is 2.66. The molecule has 84 valence electrons. The Bertz CT molecular complexity index is 452. The SMILES string of the molecule is CCC1Cc2cccc3c2N1C(=O)C(C)C3. The highest BCUT2D eigenvalue weighted by Crippen LogP contribution is 2.41. The summed E-state index contributed by atoms with van der Waals surface area (Å²) < 4.78 is 0. The summed E-state index contributed by atoms with van der Waals surface area (Å²) in [6.07, 6.45) is 3.00. The van der Waals surface area contributed by atoms with Crippen molar-refractivity contribution in [3.05, 3.63) is 29.3 Å². The van der Waals surface area contributed by atoms with Gasteiger partial charge in [-0.1, -0.05) is 32.0 Å². The molecule has 0 spiro atoms. The summed E-state index contributed by atoms with van der Waals surface area (Å²) in [6, 6.07) is 6.87. The van der Waals surface area contributed by atoms with E-state index in [4.69, 9.17) is 0 Å². The van der Waals surface area contributed by atoms with Gasteiger partial charge in [0.2, 0.25) is 5.91 Å². The van der Waals surface area contributed by atoms with Gasteiger partial charge in [-0.15, -0.1) is 0 Å². The van der Waals surface area contributed by atoms with Crippen LogP contribution < -0.4 is 4.90 Å². The normalized spacial score (nSPS) is 27.1. The minimum Gasteiger partial charge on any atom is -0.308 e. The number of carbonyl (C=O) groups is 1. The van der Waals surface area contributed by atoms with Crippen molar-refractivity contribution in [2.75, 3.05) is 4.90 Å². The van der Waals surface area contributed by atoms with Crippen LogP contribution in [-0.4, -0.2) is 11.9 Å². The zero-order valence-corrected chi connectivity index (χ0v) is 9.86. The molecule has 2 aliphatic rings. The van der Waals surface area contributed by atoms with Crippen molar-refractivity contribution in [1.82, 2.24) is 0 Å². The fourth-order valence-corrected chi connectivity index (χ4v) is 3.08. The zero-order chi connectivity index (χ0) is 11.3. The van der Waals surface area contributed by atoms with Crippen molar-refractivity contribution < 1.29 is 4.79 Å². The highest BCUT2D eigenvalue weighted by Gasteiger charge is 2.39. The quantitative estimate of drug-likeness (QED) is 0.705. The predicted molar refractivity (Wildman–Crippen MR) is 64.6 cm³/mol. The molecular formula is C14H17NO. The second-order valence-corrected chi connectivity index (χ2v) is 5.00. The van der Waals surface area contributed by atoms with Gasteiger partial charge in [-0.25, -0.2) is 0 Å². The Morgan fingerprint density at radius 1 is 1.31 bits per heavy atom. The molecule has 2 nitrogen and oxygen atoms in total. The summed E-state index contributed by atoms with van der Waals surface area (Å²) in [6.45, 7) is 4.21. The predicted octanol–water partition coefficient (Wildman–Crippen LogP) is 2.55. The van der Waals surface area contributed by atoms with E-state index in [0.717, 1.165) is 19.3 Å². The number of nitrogens with zero attached hydrogens (tertiary/aromatic N) is 1. The molecule has 1 aromatic rings. The van der Waals surface area contributed by atoms with Crippen LogP contribution >= 0.6 is 0 Å². The van der Waals surface area contributed by atoms with Gasteiger partial charge in [-0.2, -0.15) is 0 Å². The van der Waals surface area contributed by atoms with Gasteiger partial charge in [0, 0.05) is 12.0 Å². The Morgan fingerprint density at radius 3 is 2.69 bits per heavy atom. The molecule has 0 aliphatic carbocycles. The first-order valence-corrected chi connectivity index (χ1v) is 6.16. The van der Waals surface area contributed by atoms with E-state index in [2.05, 4.69) is 30.0 Å². The number of hydrogen-bond donors (Lipinski definition) is 0. The van der Waals surface area contributed by atoms with Crippen LogP contribution in [0.1, 0.15) is 31.4 Å². The molecule has 0 fully saturated rings. The summed E-state index contributed by atoms with van der Waals surface area (Å²) in [5, 5.41) is 0. The second-order valence-electron chi connectivity index (χ2n) is 5.00. The Kier molecular flexibility index (Phi) is 2.06. The Labute approximate surface area is 96.3 Å². The molecule has 2 unspecified atom stereocenters. The van der Waals surface area contributed by atoms with Gasteiger partial charge in [0.15, 0.2) is 0 Å². The lowest BCUT2D eigenvalue weighted by molar-refractivity contribution is -0.122. The Hall–Kier alpha value is -1.31. The van der Waals surface area contributed by atoms with E-state index in [1.807, 2.05) is 6.92 Å². The summed E-state index contributed by atoms with van der Waals surface area (Å²) >= 11 is 0. The van der Waals surface area contributed by atoms with E-state index in [1.54, 1.807) is 0 Å². The van der Waals surface area contributed by atoms with Crippen LogP contribution in [0.25, 0.3) is 0 Å². The molecule has 0 N–H and O–H groups in total. The maximum atomic E-state index is 12.2. The van der Waals surface area contributed by atoms with Crippen LogP contribution in [0.4, 0.5) is 5.69 Å². The van der Waals surface area contributed by atoms with Gasteiger partial charge < -0.3 is 4.90 Å². The van der Waals surface area contributed by atoms with Crippen molar-refractivity contribution in [3.63, 3.8) is 0 Å². The van der Waals surface area contributed by atoms with Gasteiger partial charge in [-0.05, 0) is 30.4 Å². The topological polar surface area (TPSA) is 20.3 Å². The number of carbonyl (C=O) groups excluding carboxylic acids is 1. The van der Waals surface area contributed by atoms with Crippen LogP contribution in [0.3, 0.4) is 0 Å². The fraction of sp³-hybridized carbons (Fsp3) is 0.500. The number of anilines is 1. The molecule has 2 heteroatoms. The fourth-order valence-electron chi connectivity index (χ4n) is 3.08. The maximum Gasteiger partial charge on any atom is 0.230 e. The lowest BCUT2D eigenvalue weighted by Gasteiger charge is -2.33. The molecule has 2 aliphatic heterocycles. The summed E-state index contributed by atoms with van der Waals surface area (Å²) in [7, 11) is 0. The standard InChI is InChI=1S/C14H17NO/c1-3-12-8-11-6-4-5-10-7-9(2)14(16)15(12)13(10)11/h4-6,9,12H,3,7-8H2,1-2H3. The molecule has 0 bridgehead atoms. The first kappa shape index (κ1) is 9.88. The molecule has 2 heterocycles. The maximum absolute atomic E-state index is 12.2. The first-order chi connectivity index (χ1) is 7.72. The third-order valence-electron chi connectivity index (χ3n) is 3.92. The van der Waals surface area contributed by atoms with Crippen LogP contribution in [0, 0.1) is 5.92 Å². The largest absolute Gasteiger partial charge is 0.308 e. The lowest BCUT2D eigenvalue weighted by atomic mass is 9.93. The Balaban J connectivity index is 2.17. The van der Waals surface area contributed by atoms with Gasteiger partial charge in [0.25, 0.3) is 0 Å². The van der Waals surface area contributed by atoms with E-state index in [-0.39, 0.29) is 5.92 Å². The van der Waals surface area contributed by atoms with Gasteiger partial charge >= 0.3 is 0 Å². The first-order valence-electron chi connectivity index (χ1n) is 6.16. The molecular weight excluding hydrogens is 198 g/mol. The van der Waals surface area contributed by atoms with E-state index in [9.17, 15) is 4.79 Å². The summed E-state index contributed by atoms with van der Waals surface area (Å²) in [5.74, 6) is 0.471. The monoisotopic (exact) mass is 215 g/mol. The van der Waals surface area contributed by atoms with Crippen molar-refractivity contribution in [3.8, 4) is 0 Å². The molecule has 3 rings (SSSR count). The highest BCUT2D eigenvalue weighted by molar-refractivity contribution is 6.00. The van der Waals surface area contributed by atoms with E-state index < -0.39 is 0 Å². The van der Waals surface area contributed by atoms with Gasteiger partial charge in [-0.3, -0.25) is 4.79 Å². The summed E-state index contributed by atoms with van der Waals surface area (Å²) in [4.78, 5) is 14.3. The van der Waals surface area contributed by atoms with Crippen LogP contribution in [0.15, 0.2) is 18.2 Å². The third kappa shape index (κ3) is 1.16. The number of rotatable bonds is 1. The molecule has 0 aromatic heterocycles. The van der Waals surface area contributed by atoms with Crippen molar-refractivity contribution in [2.24, 2.45) is 5.92 Å². The van der Waals surface area contributed by atoms with Crippen molar-refractivity contribution >= 4 is 11.6 Å². The van der Waals surface area contributed by atoms with Crippen LogP contribution in [-0.2, 0) is 17.6 Å². The molecule has 16 heavy (non-hydrogen) atoms. The third-order valence-corrected chi connectivity index (χ3v) is 3.92. The number of amides is 1. The Morgan fingerprint density at radius 2 is 2.00 bits per heavy atom. The molecule has 0 radical (unpaired) electrons. The minimum absolute atomic E-state index is 0.148. The van der Waals surface area contributed by atoms with Crippen molar-refractivity contribution in [2.45, 2.75) is 39.2 Å². The lowest BCUT2D eigenvalue weighted by Crippen LogP contribution is -2.44. The number of hydrogen-bond acceptors (Lipinski definition) is 1. The zero-order valence-electron chi connectivity index (χ0n) is 9.86. The van der Waals surface area contributed by atoms with E-state index in [0.29, 0.717) is 11.9 Å². The number of benzene rings is 1. The second kappa shape index (κ2) is 3.34. The van der Waals surface area contributed by atoms with Gasteiger partial charge in [0.1, 0.15) is 0 Å². The summed E-state index contributed by atoms with van der Waals surface area (Å²) in [5.41, 5.74) is 3.96.